The van der Waals surface area contributed by atoms with E-state index in [1.165, 1.54) is 24.0 Å². The molecule has 14 heavy (non-hydrogen) atoms. The maximum atomic E-state index is 2.38. The van der Waals surface area contributed by atoms with Gasteiger partial charge in [-0.15, -0.1) is 0 Å². The van der Waals surface area contributed by atoms with Crippen LogP contribution in [0.25, 0.3) is 0 Å². The van der Waals surface area contributed by atoms with Gasteiger partial charge in [0, 0.05) is 0 Å². The van der Waals surface area contributed by atoms with E-state index in [-0.39, 0.29) is 0 Å². The topological polar surface area (TPSA) is 0 Å². The van der Waals surface area contributed by atoms with Crippen LogP contribution in [-0.2, 0) is 0 Å². The lowest BCUT2D eigenvalue weighted by Crippen LogP contribution is -1.96. The molecule has 0 aromatic heterocycles. The summed E-state index contributed by atoms with van der Waals surface area (Å²) in [5, 5.41) is 0. The average molecular weight is 190 g/mol. The second-order valence-corrected chi connectivity index (χ2v) is 4.46. The van der Waals surface area contributed by atoms with Crippen molar-refractivity contribution in [2.75, 3.05) is 0 Å². The molecule has 0 N–H and O–H groups in total. The zero-order valence-electron chi connectivity index (χ0n) is 9.93. The van der Waals surface area contributed by atoms with Gasteiger partial charge in [0.1, 0.15) is 0 Å². The van der Waals surface area contributed by atoms with Crippen molar-refractivity contribution in [1.82, 2.24) is 0 Å². The molecule has 1 rings (SSSR count). The Morgan fingerprint density at radius 3 is 2.64 bits per heavy atom. The molecule has 1 unspecified atom stereocenters. The fraction of sp³-hybridized carbons (Fsp3) is 0.571. The molecule has 1 aliphatic rings. The summed E-state index contributed by atoms with van der Waals surface area (Å²) >= 11 is 0. The van der Waals surface area contributed by atoms with Crippen molar-refractivity contribution in [1.29, 1.82) is 0 Å². The summed E-state index contributed by atoms with van der Waals surface area (Å²) in [6.45, 7) is 9.02. The first-order valence-electron chi connectivity index (χ1n) is 5.68. The monoisotopic (exact) mass is 190 g/mol. The molecule has 78 valence electrons. The van der Waals surface area contributed by atoms with Crippen molar-refractivity contribution in [3.63, 3.8) is 0 Å². The summed E-state index contributed by atoms with van der Waals surface area (Å²) in [6.07, 6.45) is 10.6. The Balaban J connectivity index is 2.71. The summed E-state index contributed by atoms with van der Waals surface area (Å²) in [6, 6.07) is 0. The highest BCUT2D eigenvalue weighted by Crippen LogP contribution is 2.24. The van der Waals surface area contributed by atoms with E-state index in [2.05, 4.69) is 45.9 Å². The predicted molar refractivity (Wildman–Crippen MR) is 64.3 cm³/mol. The van der Waals surface area contributed by atoms with Crippen LogP contribution in [0.2, 0.25) is 0 Å². The van der Waals surface area contributed by atoms with Gasteiger partial charge >= 0.3 is 0 Å². The molecule has 0 heterocycles. The largest absolute Gasteiger partial charge is 0.0778 e. The maximum Gasteiger partial charge on any atom is -0.0158 e. The minimum absolute atomic E-state index is 0.808. The normalized spacial score (nSPS) is 19.3. The fourth-order valence-corrected chi connectivity index (χ4v) is 1.81. The van der Waals surface area contributed by atoms with E-state index in [1.54, 1.807) is 5.57 Å². The Morgan fingerprint density at radius 2 is 2.00 bits per heavy atom. The summed E-state index contributed by atoms with van der Waals surface area (Å²) in [5.41, 5.74) is 4.40. The predicted octanol–water partition coefficient (Wildman–Crippen LogP) is 4.65. The number of allylic oxidation sites excluding steroid dienone is 6. The van der Waals surface area contributed by atoms with E-state index >= 15 is 0 Å². The Bertz CT molecular complexity index is 276. The highest BCUT2D eigenvalue weighted by molar-refractivity contribution is 5.38. The third-order valence-corrected chi connectivity index (χ3v) is 3.02. The van der Waals surface area contributed by atoms with Crippen LogP contribution in [0.15, 0.2) is 34.9 Å². The van der Waals surface area contributed by atoms with Crippen molar-refractivity contribution in [2.24, 2.45) is 5.92 Å². The van der Waals surface area contributed by atoms with Crippen LogP contribution in [0.5, 0.6) is 0 Å². The molecule has 1 atom stereocenters. The molecule has 0 bridgehead atoms. The number of hydrogen-bond acceptors (Lipinski definition) is 0. The second-order valence-electron chi connectivity index (χ2n) is 4.46. The quantitative estimate of drug-likeness (QED) is 0.608. The Morgan fingerprint density at radius 1 is 1.29 bits per heavy atom. The second kappa shape index (κ2) is 5.19. The minimum Gasteiger partial charge on any atom is -0.0778 e. The Labute approximate surface area is 88.4 Å². The van der Waals surface area contributed by atoms with Crippen LogP contribution in [0.4, 0.5) is 0 Å². The fourth-order valence-electron chi connectivity index (χ4n) is 1.81. The highest BCUT2D eigenvalue weighted by Gasteiger charge is 2.07. The lowest BCUT2D eigenvalue weighted by atomic mass is 9.94. The van der Waals surface area contributed by atoms with Crippen LogP contribution in [0.1, 0.15) is 47.0 Å². The van der Waals surface area contributed by atoms with Gasteiger partial charge in [0.15, 0.2) is 0 Å². The lowest BCUT2D eigenvalue weighted by molar-refractivity contribution is 0.559. The first-order valence-corrected chi connectivity index (χ1v) is 5.68. The van der Waals surface area contributed by atoms with Crippen molar-refractivity contribution >= 4 is 0 Å². The number of rotatable bonds is 3. The minimum atomic E-state index is 0.808. The van der Waals surface area contributed by atoms with E-state index in [0.29, 0.717) is 0 Å². The van der Waals surface area contributed by atoms with Gasteiger partial charge < -0.3 is 0 Å². The van der Waals surface area contributed by atoms with Gasteiger partial charge in [-0.1, -0.05) is 44.1 Å². The Kier molecular flexibility index (Phi) is 4.19. The smallest absolute Gasteiger partial charge is 0.0158 e. The molecule has 0 nitrogen and oxygen atoms in total. The van der Waals surface area contributed by atoms with Gasteiger partial charge in [-0.25, -0.2) is 0 Å². The third kappa shape index (κ3) is 3.17. The SMILES string of the molecule is CCC(C)CC1=CCC=C(C)C=C1C. The van der Waals surface area contributed by atoms with Gasteiger partial charge in [0.25, 0.3) is 0 Å². The van der Waals surface area contributed by atoms with E-state index in [4.69, 9.17) is 0 Å². The third-order valence-electron chi connectivity index (χ3n) is 3.02. The van der Waals surface area contributed by atoms with E-state index < -0.39 is 0 Å². The molecule has 0 aromatic rings. The molecule has 0 saturated carbocycles. The van der Waals surface area contributed by atoms with Crippen molar-refractivity contribution in [3.05, 3.63) is 34.9 Å². The molecule has 0 spiro atoms. The van der Waals surface area contributed by atoms with Gasteiger partial charge in [0.05, 0.1) is 0 Å². The van der Waals surface area contributed by atoms with Crippen LogP contribution >= 0.6 is 0 Å². The molecule has 1 aliphatic carbocycles. The van der Waals surface area contributed by atoms with Crippen LogP contribution in [0.3, 0.4) is 0 Å². The zero-order chi connectivity index (χ0) is 10.6. The van der Waals surface area contributed by atoms with Gasteiger partial charge in [-0.3, -0.25) is 0 Å². The average Bonchev–Trinajstić information content (AvgIpc) is 2.29. The molecule has 0 heteroatoms. The molecule has 0 radical (unpaired) electrons. The number of hydrogen-bond donors (Lipinski definition) is 0. The highest BCUT2D eigenvalue weighted by atomic mass is 14.1. The molecular formula is C14H22. The van der Waals surface area contributed by atoms with Crippen LogP contribution < -0.4 is 0 Å². The zero-order valence-corrected chi connectivity index (χ0v) is 9.93. The first kappa shape index (κ1) is 11.3. The first-order chi connectivity index (χ1) is 6.63. The van der Waals surface area contributed by atoms with Gasteiger partial charge in [0.2, 0.25) is 0 Å². The van der Waals surface area contributed by atoms with Crippen LogP contribution in [0, 0.1) is 5.92 Å². The molecule has 0 amide bonds. The Hall–Kier alpha value is -0.780. The van der Waals surface area contributed by atoms with Gasteiger partial charge in [-0.05, 0) is 43.8 Å². The molecule has 0 aromatic carbocycles. The van der Waals surface area contributed by atoms with Crippen molar-refractivity contribution in [3.8, 4) is 0 Å². The van der Waals surface area contributed by atoms with E-state index in [9.17, 15) is 0 Å². The summed E-state index contributed by atoms with van der Waals surface area (Å²) in [7, 11) is 0. The summed E-state index contributed by atoms with van der Waals surface area (Å²) in [5.74, 6) is 0.808. The van der Waals surface area contributed by atoms with Gasteiger partial charge in [-0.2, -0.15) is 0 Å². The van der Waals surface area contributed by atoms with E-state index in [0.717, 1.165) is 12.3 Å². The van der Waals surface area contributed by atoms with Crippen molar-refractivity contribution < 1.29 is 0 Å². The summed E-state index contributed by atoms with van der Waals surface area (Å²) in [4.78, 5) is 0. The molecular weight excluding hydrogens is 168 g/mol. The van der Waals surface area contributed by atoms with Crippen LogP contribution in [-0.4, -0.2) is 0 Å². The maximum absolute atomic E-state index is 2.38. The lowest BCUT2D eigenvalue weighted by Gasteiger charge is -2.12. The molecule has 0 fully saturated rings. The standard InChI is InChI=1S/C14H22/c1-5-11(2)10-14-8-6-7-12(3)9-13(14)4/h7-9,11H,5-6,10H2,1-4H3. The van der Waals surface area contributed by atoms with E-state index in [1.807, 2.05) is 0 Å². The van der Waals surface area contributed by atoms with Crippen molar-refractivity contribution in [2.45, 2.75) is 47.0 Å². The molecule has 0 aliphatic heterocycles. The molecule has 0 saturated heterocycles. The summed E-state index contributed by atoms with van der Waals surface area (Å²) < 4.78 is 0.